The molecule has 24 heavy (non-hydrogen) atoms. The van der Waals surface area contributed by atoms with Crippen molar-refractivity contribution in [1.29, 1.82) is 0 Å². The largest absolute Gasteiger partial charge is 0.298 e. The maximum Gasteiger partial charge on any atom is 0.272 e. The van der Waals surface area contributed by atoms with Crippen LogP contribution in [-0.4, -0.2) is 19.7 Å². The molecule has 1 aromatic carbocycles. The summed E-state index contributed by atoms with van der Waals surface area (Å²) in [6.45, 7) is 0. The Morgan fingerprint density at radius 3 is 2.79 bits per heavy atom. The lowest BCUT2D eigenvalue weighted by Crippen LogP contribution is -1.99. The molecule has 0 aliphatic heterocycles. The molecule has 9 heteroatoms. The molecule has 0 radical (unpaired) electrons. The van der Waals surface area contributed by atoms with Gasteiger partial charge in [-0.25, -0.2) is 4.39 Å². The predicted octanol–water partition coefficient (Wildman–Crippen LogP) is 4.54. The molecular weight excluding hydrogens is 351 g/mol. The maximum absolute atomic E-state index is 14.1. The second kappa shape index (κ2) is 5.99. The lowest BCUT2D eigenvalue weighted by Gasteiger charge is -2.08. The van der Waals surface area contributed by atoms with Gasteiger partial charge in [0.15, 0.2) is 11.0 Å². The number of nitro benzene ring substituents is 1. The third kappa shape index (κ3) is 2.80. The molecule has 0 unspecified atom stereocenters. The minimum absolute atomic E-state index is 0.264. The number of thiophene rings is 1. The first-order valence-corrected chi connectivity index (χ1v) is 8.93. The Balaban J connectivity index is 1.69. The molecule has 0 amide bonds. The van der Waals surface area contributed by atoms with Gasteiger partial charge < -0.3 is 0 Å². The van der Waals surface area contributed by atoms with E-state index in [1.165, 1.54) is 12.1 Å². The Morgan fingerprint density at radius 2 is 2.17 bits per heavy atom. The van der Waals surface area contributed by atoms with Crippen molar-refractivity contribution in [3.63, 3.8) is 0 Å². The number of aromatic nitrogens is 3. The van der Waals surface area contributed by atoms with Crippen molar-refractivity contribution in [2.45, 2.75) is 28.9 Å². The van der Waals surface area contributed by atoms with E-state index in [9.17, 15) is 14.5 Å². The van der Waals surface area contributed by atoms with Gasteiger partial charge in [0.1, 0.15) is 5.82 Å². The van der Waals surface area contributed by atoms with E-state index in [1.807, 2.05) is 22.1 Å². The second-order valence-corrected chi connectivity index (χ2v) is 7.32. The first kappa shape index (κ1) is 15.3. The number of benzene rings is 1. The summed E-state index contributed by atoms with van der Waals surface area (Å²) < 4.78 is 16.2. The third-order valence-electron chi connectivity index (χ3n) is 3.65. The minimum atomic E-state index is -0.628. The Kier molecular flexibility index (Phi) is 3.81. The first-order valence-electron chi connectivity index (χ1n) is 7.24. The van der Waals surface area contributed by atoms with E-state index in [2.05, 4.69) is 10.2 Å². The topological polar surface area (TPSA) is 73.8 Å². The van der Waals surface area contributed by atoms with Gasteiger partial charge in [-0.1, -0.05) is 6.07 Å². The van der Waals surface area contributed by atoms with Crippen molar-refractivity contribution < 1.29 is 9.31 Å². The molecule has 122 valence electrons. The van der Waals surface area contributed by atoms with Gasteiger partial charge in [-0.15, -0.1) is 21.5 Å². The number of hydrogen-bond donors (Lipinski definition) is 0. The number of non-ortho nitro benzene ring substituents is 1. The number of rotatable bonds is 5. The number of hydrogen-bond acceptors (Lipinski definition) is 6. The van der Waals surface area contributed by atoms with E-state index in [-0.39, 0.29) is 5.69 Å². The average Bonchev–Trinajstić information content (AvgIpc) is 3.09. The van der Waals surface area contributed by atoms with Crippen LogP contribution >= 0.6 is 23.1 Å². The van der Waals surface area contributed by atoms with Crippen LogP contribution in [0.5, 0.6) is 0 Å². The number of halogens is 1. The highest BCUT2D eigenvalue weighted by molar-refractivity contribution is 7.99. The lowest BCUT2D eigenvalue weighted by molar-refractivity contribution is -0.385. The van der Waals surface area contributed by atoms with Gasteiger partial charge in [0, 0.05) is 12.1 Å². The molecule has 1 aliphatic carbocycles. The molecule has 1 saturated carbocycles. The molecule has 0 spiro atoms. The zero-order chi connectivity index (χ0) is 16.7. The SMILES string of the molecule is O=[N+]([O-])c1ccc(Sc2nnc(-c3cccs3)n2C2CC2)c(F)c1. The number of nitrogens with zero attached hydrogens (tertiary/aromatic N) is 4. The fourth-order valence-electron chi connectivity index (χ4n) is 2.37. The lowest BCUT2D eigenvalue weighted by atomic mass is 10.3. The fraction of sp³-hybridized carbons (Fsp3) is 0.200. The Morgan fingerprint density at radius 1 is 1.33 bits per heavy atom. The summed E-state index contributed by atoms with van der Waals surface area (Å²) in [6.07, 6.45) is 2.10. The van der Waals surface area contributed by atoms with Gasteiger partial charge >= 0.3 is 0 Å². The molecule has 0 N–H and O–H groups in total. The van der Waals surface area contributed by atoms with Gasteiger partial charge in [0.25, 0.3) is 5.69 Å². The highest BCUT2D eigenvalue weighted by Crippen LogP contribution is 2.43. The van der Waals surface area contributed by atoms with Gasteiger partial charge in [-0.2, -0.15) is 0 Å². The van der Waals surface area contributed by atoms with Crippen LogP contribution in [0.15, 0.2) is 45.8 Å². The van der Waals surface area contributed by atoms with Crippen molar-refractivity contribution >= 4 is 28.8 Å². The van der Waals surface area contributed by atoms with Crippen LogP contribution in [0, 0.1) is 15.9 Å². The van der Waals surface area contributed by atoms with Crippen LogP contribution < -0.4 is 0 Å². The summed E-state index contributed by atoms with van der Waals surface area (Å²) in [7, 11) is 0. The summed E-state index contributed by atoms with van der Waals surface area (Å²) in [6, 6.07) is 7.91. The van der Waals surface area contributed by atoms with Gasteiger partial charge in [-0.05, 0) is 42.1 Å². The van der Waals surface area contributed by atoms with Crippen molar-refractivity contribution in [3.8, 4) is 10.7 Å². The standard InChI is InChI=1S/C15H11FN4O2S2/c16-11-8-10(20(21)22)5-6-12(11)24-15-18-17-14(13-2-1-7-23-13)19(15)9-3-4-9/h1-2,5-9H,3-4H2. The highest BCUT2D eigenvalue weighted by atomic mass is 32.2. The predicted molar refractivity (Wildman–Crippen MR) is 88.8 cm³/mol. The Labute approximate surface area is 144 Å². The molecule has 2 heterocycles. The minimum Gasteiger partial charge on any atom is -0.298 e. The molecule has 4 rings (SSSR count). The highest BCUT2D eigenvalue weighted by Gasteiger charge is 2.31. The van der Waals surface area contributed by atoms with E-state index in [0.717, 1.165) is 41.4 Å². The Hall–Kier alpha value is -2.26. The molecule has 1 fully saturated rings. The zero-order valence-electron chi connectivity index (χ0n) is 12.3. The smallest absolute Gasteiger partial charge is 0.272 e. The summed E-state index contributed by atoms with van der Waals surface area (Å²) in [5.41, 5.74) is -0.264. The summed E-state index contributed by atoms with van der Waals surface area (Å²) in [5, 5.41) is 21.8. The maximum atomic E-state index is 14.1. The Bertz CT molecular complexity index is 906. The van der Waals surface area contributed by atoms with Gasteiger partial charge in [0.2, 0.25) is 0 Å². The van der Waals surface area contributed by atoms with Crippen molar-refractivity contribution in [2.75, 3.05) is 0 Å². The molecular formula is C15H11FN4O2S2. The van der Waals surface area contributed by atoms with Crippen LogP contribution in [0.2, 0.25) is 0 Å². The van der Waals surface area contributed by atoms with E-state index < -0.39 is 10.7 Å². The number of nitro groups is 1. The molecule has 2 aromatic heterocycles. The second-order valence-electron chi connectivity index (χ2n) is 5.36. The van der Waals surface area contributed by atoms with Crippen molar-refractivity contribution in [2.24, 2.45) is 0 Å². The monoisotopic (exact) mass is 362 g/mol. The van der Waals surface area contributed by atoms with Crippen molar-refractivity contribution in [3.05, 3.63) is 51.6 Å². The van der Waals surface area contributed by atoms with Crippen LogP contribution in [0.3, 0.4) is 0 Å². The molecule has 1 aliphatic rings. The normalized spacial score (nSPS) is 14.0. The quantitative estimate of drug-likeness (QED) is 0.492. The van der Waals surface area contributed by atoms with Crippen LogP contribution in [0.25, 0.3) is 10.7 Å². The van der Waals surface area contributed by atoms with E-state index in [0.29, 0.717) is 16.1 Å². The zero-order valence-corrected chi connectivity index (χ0v) is 13.9. The van der Waals surface area contributed by atoms with E-state index in [1.54, 1.807) is 11.3 Å². The summed E-state index contributed by atoms with van der Waals surface area (Å²) in [5.74, 6) is 0.162. The van der Waals surface area contributed by atoms with Crippen molar-refractivity contribution in [1.82, 2.24) is 14.8 Å². The first-order chi connectivity index (χ1) is 11.6. The molecule has 0 bridgehead atoms. The summed E-state index contributed by atoms with van der Waals surface area (Å²) >= 11 is 2.73. The van der Waals surface area contributed by atoms with E-state index >= 15 is 0 Å². The average molecular weight is 362 g/mol. The van der Waals surface area contributed by atoms with Crippen LogP contribution in [0.4, 0.5) is 10.1 Å². The van der Waals surface area contributed by atoms with Crippen LogP contribution in [0.1, 0.15) is 18.9 Å². The van der Waals surface area contributed by atoms with E-state index in [4.69, 9.17) is 0 Å². The third-order valence-corrected chi connectivity index (χ3v) is 5.52. The molecule has 0 saturated heterocycles. The van der Waals surface area contributed by atoms with Gasteiger partial charge in [0.05, 0.1) is 20.8 Å². The summed E-state index contributed by atoms with van der Waals surface area (Å²) in [4.78, 5) is 11.4. The molecule has 6 nitrogen and oxygen atoms in total. The molecule has 0 atom stereocenters. The fourth-order valence-corrected chi connectivity index (χ4v) is 3.98. The van der Waals surface area contributed by atoms with Gasteiger partial charge in [-0.3, -0.25) is 14.7 Å². The molecule has 3 aromatic rings. The van der Waals surface area contributed by atoms with Crippen LogP contribution in [-0.2, 0) is 0 Å².